The molecule has 1 aliphatic heterocycles. The Labute approximate surface area is 240 Å². The van der Waals surface area contributed by atoms with Crippen molar-refractivity contribution in [2.45, 2.75) is 61.5 Å². The van der Waals surface area contributed by atoms with Gasteiger partial charge in [-0.3, -0.25) is 4.79 Å². The average molecular weight is 582 g/mol. The highest BCUT2D eigenvalue weighted by atomic mass is 35.5. The minimum absolute atomic E-state index is 0.0724. The molecule has 0 saturated carbocycles. The van der Waals surface area contributed by atoms with Crippen LogP contribution >= 0.6 is 11.6 Å². The van der Waals surface area contributed by atoms with E-state index in [0.29, 0.717) is 54.8 Å². The molecular formula is C32H33ClFNO4S. The Morgan fingerprint density at radius 2 is 1.82 bits per heavy atom. The molecule has 2 aliphatic rings. The standard InChI is InChI=1S/C32H33ClFNO4S/c1-20-16-25(34)11-13-27(20)29-19-32(37,14-15-35-29)31(22-6-9-24(33)10-7-22)28-18-23-17-26(40(2,38)39)12-8-21(23)4-3-5-30(28)36/h6-13,16-18,29,31,35,37H,3-5,14-15,19H2,1-2H3. The number of aliphatic hydroxyl groups is 1. The molecule has 5 rings (SSSR count). The maximum Gasteiger partial charge on any atom is 0.175 e. The van der Waals surface area contributed by atoms with Crippen LogP contribution in [-0.2, 0) is 21.1 Å². The van der Waals surface area contributed by atoms with Gasteiger partial charge in [0.25, 0.3) is 0 Å². The summed E-state index contributed by atoms with van der Waals surface area (Å²) >= 11 is 6.22. The zero-order valence-corrected chi connectivity index (χ0v) is 24.2. The molecule has 2 N–H and O–H groups in total. The maximum atomic E-state index is 13.9. The van der Waals surface area contributed by atoms with E-state index in [1.54, 1.807) is 36.4 Å². The molecule has 40 heavy (non-hydrogen) atoms. The first-order chi connectivity index (χ1) is 18.9. The van der Waals surface area contributed by atoms with Crippen molar-refractivity contribution in [2.24, 2.45) is 0 Å². The molecule has 1 heterocycles. The Kier molecular flexibility index (Phi) is 8.03. The van der Waals surface area contributed by atoms with Crippen LogP contribution in [0.25, 0.3) is 6.08 Å². The summed E-state index contributed by atoms with van der Waals surface area (Å²) < 4.78 is 38.6. The van der Waals surface area contributed by atoms with Gasteiger partial charge in [0.15, 0.2) is 15.6 Å². The van der Waals surface area contributed by atoms with Gasteiger partial charge >= 0.3 is 0 Å². The van der Waals surface area contributed by atoms with Gasteiger partial charge in [0.1, 0.15) is 5.82 Å². The molecule has 3 atom stereocenters. The Bertz CT molecular complexity index is 1580. The fourth-order valence-electron chi connectivity index (χ4n) is 6.18. The second-order valence-electron chi connectivity index (χ2n) is 11.1. The number of benzene rings is 3. The second-order valence-corrected chi connectivity index (χ2v) is 13.5. The topological polar surface area (TPSA) is 83.5 Å². The third kappa shape index (κ3) is 5.93. The summed E-state index contributed by atoms with van der Waals surface area (Å²) in [6.45, 7) is 2.35. The predicted octanol–water partition coefficient (Wildman–Crippen LogP) is 6.12. The Hall–Kier alpha value is -2.84. The van der Waals surface area contributed by atoms with Gasteiger partial charge in [-0.25, -0.2) is 12.8 Å². The largest absolute Gasteiger partial charge is 0.389 e. The van der Waals surface area contributed by atoms with E-state index in [9.17, 15) is 22.7 Å². The van der Waals surface area contributed by atoms with Crippen LogP contribution in [0.4, 0.5) is 4.39 Å². The molecular weight excluding hydrogens is 549 g/mol. The molecule has 1 aliphatic carbocycles. The lowest BCUT2D eigenvalue weighted by molar-refractivity contribution is -0.117. The van der Waals surface area contributed by atoms with E-state index in [2.05, 4.69) is 5.32 Å². The highest BCUT2D eigenvalue weighted by molar-refractivity contribution is 7.90. The van der Waals surface area contributed by atoms with Crippen LogP contribution in [0.2, 0.25) is 5.02 Å². The number of hydrogen-bond donors (Lipinski definition) is 2. The van der Waals surface area contributed by atoms with Crippen LogP contribution in [0.15, 0.2) is 71.1 Å². The van der Waals surface area contributed by atoms with Crippen LogP contribution in [0.5, 0.6) is 0 Å². The van der Waals surface area contributed by atoms with Crippen molar-refractivity contribution in [3.05, 3.63) is 105 Å². The van der Waals surface area contributed by atoms with E-state index in [0.717, 1.165) is 22.3 Å². The lowest BCUT2D eigenvalue weighted by Gasteiger charge is -2.44. The third-order valence-electron chi connectivity index (χ3n) is 8.19. The highest BCUT2D eigenvalue weighted by Crippen LogP contribution is 2.46. The number of carbonyl (C=O) groups is 1. The summed E-state index contributed by atoms with van der Waals surface area (Å²) in [6, 6.07) is 16.6. The summed E-state index contributed by atoms with van der Waals surface area (Å²) in [4.78, 5) is 14.0. The minimum atomic E-state index is -3.46. The van der Waals surface area contributed by atoms with E-state index in [4.69, 9.17) is 11.6 Å². The van der Waals surface area contributed by atoms with Gasteiger partial charge in [0, 0.05) is 35.2 Å². The number of ketones is 1. The first-order valence-corrected chi connectivity index (χ1v) is 15.8. The van der Waals surface area contributed by atoms with Gasteiger partial charge in [-0.1, -0.05) is 35.9 Å². The summed E-state index contributed by atoms with van der Waals surface area (Å²) in [5, 5.41) is 16.5. The Morgan fingerprint density at radius 3 is 2.52 bits per heavy atom. The molecule has 3 unspecified atom stereocenters. The van der Waals surface area contributed by atoms with E-state index < -0.39 is 21.4 Å². The molecule has 0 amide bonds. The molecule has 0 aromatic heterocycles. The van der Waals surface area contributed by atoms with E-state index in [1.165, 1.54) is 18.4 Å². The first kappa shape index (κ1) is 28.7. The second kappa shape index (κ2) is 11.2. The van der Waals surface area contributed by atoms with Crippen molar-refractivity contribution in [3.8, 4) is 0 Å². The monoisotopic (exact) mass is 581 g/mol. The molecule has 5 nitrogen and oxygen atoms in total. The number of fused-ring (bicyclic) bond motifs is 1. The van der Waals surface area contributed by atoms with Gasteiger partial charge < -0.3 is 10.4 Å². The van der Waals surface area contributed by atoms with Crippen molar-refractivity contribution >= 4 is 33.3 Å². The van der Waals surface area contributed by atoms with E-state index in [-0.39, 0.29) is 22.5 Å². The van der Waals surface area contributed by atoms with Crippen molar-refractivity contribution in [1.29, 1.82) is 0 Å². The molecule has 1 fully saturated rings. The summed E-state index contributed by atoms with van der Waals surface area (Å²) in [5.41, 5.74) is 3.21. The van der Waals surface area contributed by atoms with Crippen molar-refractivity contribution < 1.29 is 22.7 Å². The molecule has 3 aromatic rings. The molecule has 3 aromatic carbocycles. The summed E-state index contributed by atoms with van der Waals surface area (Å²) in [7, 11) is -3.46. The van der Waals surface area contributed by atoms with Gasteiger partial charge in [-0.05, 0) is 109 Å². The number of aryl methyl sites for hydroxylation is 2. The lowest BCUT2D eigenvalue weighted by Crippen LogP contribution is -2.49. The van der Waals surface area contributed by atoms with Crippen LogP contribution in [0, 0.1) is 12.7 Å². The fourth-order valence-corrected chi connectivity index (χ4v) is 6.96. The summed E-state index contributed by atoms with van der Waals surface area (Å²) in [5.74, 6) is -1.07. The van der Waals surface area contributed by atoms with Crippen molar-refractivity contribution in [2.75, 3.05) is 12.8 Å². The number of piperidine rings is 1. The quantitative estimate of drug-likeness (QED) is 0.379. The van der Waals surface area contributed by atoms with Crippen LogP contribution in [0.1, 0.15) is 65.5 Å². The fraction of sp³-hybridized carbons (Fsp3) is 0.344. The average Bonchev–Trinajstić information content (AvgIpc) is 2.88. The Balaban J connectivity index is 1.66. The number of sulfone groups is 1. The number of hydrogen-bond acceptors (Lipinski definition) is 5. The van der Waals surface area contributed by atoms with Crippen LogP contribution in [0.3, 0.4) is 0 Å². The van der Waals surface area contributed by atoms with E-state index in [1.807, 2.05) is 25.1 Å². The first-order valence-electron chi connectivity index (χ1n) is 13.5. The molecule has 0 spiro atoms. The number of nitrogens with one attached hydrogen (secondary N) is 1. The zero-order chi connectivity index (χ0) is 28.7. The molecule has 0 radical (unpaired) electrons. The predicted molar refractivity (Wildman–Crippen MR) is 156 cm³/mol. The molecule has 210 valence electrons. The molecule has 1 saturated heterocycles. The van der Waals surface area contributed by atoms with Gasteiger partial charge in [0.2, 0.25) is 0 Å². The van der Waals surface area contributed by atoms with Crippen LogP contribution in [-0.4, -0.2) is 37.7 Å². The zero-order valence-electron chi connectivity index (χ0n) is 22.6. The smallest absolute Gasteiger partial charge is 0.175 e. The SMILES string of the molecule is Cc1cc(F)ccc1C1CC(O)(C(C2=Cc3cc(S(C)(=O)=O)ccc3CCCC2=O)c2ccc(Cl)cc2)CCN1. The van der Waals surface area contributed by atoms with Gasteiger partial charge in [-0.15, -0.1) is 0 Å². The molecule has 8 heteroatoms. The number of rotatable bonds is 5. The third-order valence-corrected chi connectivity index (χ3v) is 9.56. The number of carbonyl (C=O) groups excluding carboxylic acids is 1. The maximum absolute atomic E-state index is 13.9. The highest BCUT2D eigenvalue weighted by Gasteiger charge is 2.45. The van der Waals surface area contributed by atoms with Crippen LogP contribution < -0.4 is 5.32 Å². The Morgan fingerprint density at radius 1 is 1.07 bits per heavy atom. The minimum Gasteiger partial charge on any atom is -0.389 e. The van der Waals surface area contributed by atoms with Gasteiger partial charge in [-0.2, -0.15) is 0 Å². The lowest BCUT2D eigenvalue weighted by atomic mass is 9.68. The van der Waals surface area contributed by atoms with E-state index >= 15 is 0 Å². The normalized spacial score (nSPS) is 22.6. The summed E-state index contributed by atoms with van der Waals surface area (Å²) in [6.07, 6.45) is 5.22. The number of halogens is 2. The van der Waals surface area contributed by atoms with Gasteiger partial charge in [0.05, 0.1) is 10.5 Å². The molecule has 0 bridgehead atoms. The van der Waals surface area contributed by atoms with Crippen molar-refractivity contribution in [1.82, 2.24) is 5.32 Å². The van der Waals surface area contributed by atoms with Crippen molar-refractivity contribution in [3.63, 3.8) is 0 Å². The number of Topliss-reactive ketones (excluding diaryl/α,β-unsaturated/α-hetero) is 1.